The lowest BCUT2D eigenvalue weighted by Crippen LogP contribution is -2.21. The quantitative estimate of drug-likeness (QED) is 0.274. The number of halogens is 1. The third-order valence-corrected chi connectivity index (χ3v) is 5.18. The predicted octanol–water partition coefficient (Wildman–Crippen LogP) is 5.43. The largest absolute Gasteiger partial charge is 0.490 e. The maximum absolute atomic E-state index is 12.9. The van der Waals surface area contributed by atoms with E-state index in [9.17, 15) is 14.9 Å². The fourth-order valence-electron chi connectivity index (χ4n) is 3.18. The Morgan fingerprint density at radius 2 is 2.00 bits per heavy atom. The van der Waals surface area contributed by atoms with Gasteiger partial charge in [0.05, 0.1) is 29.0 Å². The fourth-order valence-corrected chi connectivity index (χ4v) is 3.57. The maximum atomic E-state index is 12.9. The molecule has 0 atom stereocenters. The second-order valence-corrected chi connectivity index (χ2v) is 7.60. The van der Waals surface area contributed by atoms with E-state index in [0.29, 0.717) is 34.1 Å². The molecule has 8 nitrogen and oxygen atoms in total. The van der Waals surface area contributed by atoms with Gasteiger partial charge in [0.25, 0.3) is 5.91 Å². The van der Waals surface area contributed by atoms with Gasteiger partial charge in [-0.2, -0.15) is 10.1 Å². The summed E-state index contributed by atoms with van der Waals surface area (Å²) in [5.74, 6) is 0.760. The van der Waals surface area contributed by atoms with Gasteiger partial charge in [0.2, 0.25) is 0 Å². The predicted molar refractivity (Wildman–Crippen MR) is 120 cm³/mol. The Balaban J connectivity index is 1.63. The minimum absolute atomic E-state index is 0.157. The van der Waals surface area contributed by atoms with Crippen LogP contribution in [0.3, 0.4) is 0 Å². The molecule has 1 aromatic heterocycles. The molecule has 3 aromatic rings. The number of anilines is 1. The molecule has 2 aromatic carbocycles. The van der Waals surface area contributed by atoms with E-state index in [1.54, 1.807) is 43.3 Å². The van der Waals surface area contributed by atoms with Gasteiger partial charge in [-0.05, 0) is 55.5 Å². The number of hydrogen-bond donors (Lipinski definition) is 0. The molecular weight excluding hydrogens is 466 g/mol. The highest BCUT2D eigenvalue weighted by molar-refractivity contribution is 9.10. The zero-order chi connectivity index (χ0) is 22.1. The first kappa shape index (κ1) is 20.5. The molecule has 4 rings (SSSR count). The number of rotatable bonds is 5. The second-order valence-electron chi connectivity index (χ2n) is 6.69. The molecule has 31 heavy (non-hydrogen) atoms. The zero-order valence-corrected chi connectivity index (χ0v) is 18.1. The van der Waals surface area contributed by atoms with Crippen molar-refractivity contribution in [1.29, 1.82) is 0 Å². The average Bonchev–Trinajstić information content (AvgIpc) is 3.33. The van der Waals surface area contributed by atoms with Crippen LogP contribution in [-0.2, 0) is 4.79 Å². The van der Waals surface area contributed by atoms with E-state index in [1.165, 1.54) is 24.3 Å². The van der Waals surface area contributed by atoms with Crippen molar-refractivity contribution in [3.63, 3.8) is 0 Å². The minimum Gasteiger partial charge on any atom is -0.490 e. The summed E-state index contributed by atoms with van der Waals surface area (Å²) in [6.07, 6.45) is 1.61. The molecule has 2 heterocycles. The smallest absolute Gasteiger partial charge is 0.311 e. The van der Waals surface area contributed by atoms with Gasteiger partial charge in [-0.3, -0.25) is 14.9 Å². The second kappa shape index (κ2) is 8.19. The summed E-state index contributed by atoms with van der Waals surface area (Å²) >= 11 is 3.40. The summed E-state index contributed by atoms with van der Waals surface area (Å²) in [5.41, 5.74) is 1.98. The first-order valence-electron chi connectivity index (χ1n) is 9.17. The van der Waals surface area contributed by atoms with Crippen LogP contribution in [0.15, 0.2) is 74.2 Å². The monoisotopic (exact) mass is 481 g/mol. The Morgan fingerprint density at radius 3 is 2.71 bits per heavy atom. The topological polar surface area (TPSA) is 98.2 Å². The maximum Gasteiger partial charge on any atom is 0.311 e. The Kier molecular flexibility index (Phi) is 5.43. The van der Waals surface area contributed by atoms with E-state index < -0.39 is 4.92 Å². The highest BCUT2D eigenvalue weighted by Crippen LogP contribution is 2.34. The third-order valence-electron chi connectivity index (χ3n) is 4.69. The van der Waals surface area contributed by atoms with E-state index in [0.717, 1.165) is 4.47 Å². The molecule has 0 unspecified atom stereocenters. The summed E-state index contributed by atoms with van der Waals surface area (Å²) in [6, 6.07) is 15.2. The highest BCUT2D eigenvalue weighted by Gasteiger charge is 2.29. The van der Waals surface area contributed by atoms with Gasteiger partial charge in [-0.15, -0.1) is 0 Å². The molecule has 0 fully saturated rings. The number of hydrogen-bond acceptors (Lipinski definition) is 6. The van der Waals surface area contributed by atoms with Crippen LogP contribution < -0.4 is 9.75 Å². The number of nitrogens with zero attached hydrogens (tertiary/aromatic N) is 3. The van der Waals surface area contributed by atoms with Crippen molar-refractivity contribution in [2.24, 2.45) is 5.10 Å². The first-order valence-corrected chi connectivity index (χ1v) is 9.96. The molecule has 1 aliphatic rings. The van der Waals surface area contributed by atoms with Crippen LogP contribution in [0, 0.1) is 10.1 Å². The Bertz CT molecular complexity index is 1260. The summed E-state index contributed by atoms with van der Waals surface area (Å²) in [6.45, 7) is 1.75. The number of nitro groups is 1. The van der Waals surface area contributed by atoms with Crippen LogP contribution in [0.5, 0.6) is 5.75 Å². The van der Waals surface area contributed by atoms with Crippen molar-refractivity contribution in [1.82, 2.24) is 0 Å². The van der Waals surface area contributed by atoms with Crippen LogP contribution in [-0.4, -0.2) is 23.7 Å². The summed E-state index contributed by atoms with van der Waals surface area (Å²) in [4.78, 5) is 23.7. The van der Waals surface area contributed by atoms with Gasteiger partial charge < -0.3 is 9.15 Å². The molecule has 1 amide bonds. The Hall–Kier alpha value is -3.72. The Labute approximate surface area is 185 Å². The molecule has 0 N–H and O–H groups in total. The molecule has 0 spiro atoms. The summed E-state index contributed by atoms with van der Waals surface area (Å²) in [5, 5.41) is 17.0. The van der Waals surface area contributed by atoms with Gasteiger partial charge in [-0.1, -0.05) is 22.0 Å². The number of benzene rings is 2. The zero-order valence-electron chi connectivity index (χ0n) is 16.5. The van der Waals surface area contributed by atoms with E-state index in [2.05, 4.69) is 21.0 Å². The first-order chi connectivity index (χ1) is 14.9. The Morgan fingerprint density at radius 1 is 1.19 bits per heavy atom. The molecule has 0 radical (unpaired) electrons. The molecule has 156 valence electrons. The van der Waals surface area contributed by atoms with Gasteiger partial charge in [0.1, 0.15) is 11.5 Å². The lowest BCUT2D eigenvalue weighted by atomic mass is 10.1. The number of hydrazone groups is 1. The van der Waals surface area contributed by atoms with Gasteiger partial charge in [-0.25, -0.2) is 0 Å². The molecular formula is C22H16BrN3O5. The molecule has 0 saturated heterocycles. The van der Waals surface area contributed by atoms with Crippen molar-refractivity contribution < 1.29 is 18.9 Å². The molecule has 0 aliphatic carbocycles. The SMILES string of the molecule is COc1ccc(-c2ccc(C=C3C(=O)N(c4cccc(Br)c4)N=C3C)o2)cc1[N+](=O)[O-]. The third kappa shape index (κ3) is 3.99. The van der Waals surface area contributed by atoms with Crippen LogP contribution in [0.2, 0.25) is 0 Å². The van der Waals surface area contributed by atoms with Crippen LogP contribution in [0.4, 0.5) is 11.4 Å². The molecule has 0 saturated carbocycles. The van der Waals surface area contributed by atoms with Crippen molar-refractivity contribution in [3.8, 4) is 17.1 Å². The average molecular weight is 482 g/mol. The van der Waals surface area contributed by atoms with Crippen molar-refractivity contribution in [2.75, 3.05) is 12.1 Å². The minimum atomic E-state index is -0.512. The number of amides is 1. The number of carbonyl (C=O) groups is 1. The summed E-state index contributed by atoms with van der Waals surface area (Å²) < 4.78 is 11.7. The van der Waals surface area contributed by atoms with E-state index in [1.807, 2.05) is 12.1 Å². The normalized spacial score (nSPS) is 14.8. The van der Waals surface area contributed by atoms with Crippen LogP contribution in [0.25, 0.3) is 17.4 Å². The lowest BCUT2D eigenvalue weighted by molar-refractivity contribution is -0.385. The van der Waals surface area contributed by atoms with Gasteiger partial charge >= 0.3 is 5.69 Å². The van der Waals surface area contributed by atoms with E-state index >= 15 is 0 Å². The molecule has 0 bridgehead atoms. The molecule has 9 heteroatoms. The standard InChI is InChI=1S/C22H16BrN3O5/c1-13-18(22(27)25(24-13)16-5-3-4-15(23)11-16)12-17-7-9-20(31-17)14-6-8-21(30-2)19(10-14)26(28)29/h3-12H,1-2H3. The van der Waals surface area contributed by atoms with Crippen molar-refractivity contribution in [3.05, 3.63) is 80.5 Å². The van der Waals surface area contributed by atoms with Gasteiger partial charge in [0.15, 0.2) is 5.75 Å². The molecule has 1 aliphatic heterocycles. The summed E-state index contributed by atoms with van der Waals surface area (Å²) in [7, 11) is 1.37. The van der Waals surface area contributed by atoms with Gasteiger partial charge in [0, 0.05) is 16.1 Å². The number of furan rings is 1. The van der Waals surface area contributed by atoms with Crippen LogP contribution >= 0.6 is 15.9 Å². The van der Waals surface area contributed by atoms with E-state index in [4.69, 9.17) is 9.15 Å². The fraction of sp³-hybridized carbons (Fsp3) is 0.0909. The number of methoxy groups -OCH3 is 1. The van der Waals surface area contributed by atoms with E-state index in [-0.39, 0.29) is 17.3 Å². The lowest BCUT2D eigenvalue weighted by Gasteiger charge is -2.11. The van der Waals surface area contributed by atoms with Crippen molar-refractivity contribution >= 4 is 45.0 Å². The van der Waals surface area contributed by atoms with Crippen molar-refractivity contribution in [2.45, 2.75) is 6.92 Å². The number of carbonyl (C=O) groups excluding carboxylic acids is 1. The highest BCUT2D eigenvalue weighted by atomic mass is 79.9. The van der Waals surface area contributed by atoms with Crippen LogP contribution in [0.1, 0.15) is 12.7 Å². The number of nitro benzene ring substituents is 1. The number of ether oxygens (including phenoxy) is 1.